The predicted octanol–water partition coefficient (Wildman–Crippen LogP) is 4.39. The lowest BCUT2D eigenvalue weighted by Crippen LogP contribution is -2.21. The van der Waals surface area contributed by atoms with Crippen molar-refractivity contribution in [3.63, 3.8) is 0 Å². The highest BCUT2D eigenvalue weighted by molar-refractivity contribution is 6.39. The summed E-state index contributed by atoms with van der Waals surface area (Å²) in [6.07, 6.45) is 0. The smallest absolute Gasteiger partial charge is 0.387 e. The summed E-state index contributed by atoms with van der Waals surface area (Å²) in [5.41, 5.74) is -0.0558. The Morgan fingerprint density at radius 2 is 1.68 bits per heavy atom. The monoisotopic (exact) mass is 389 g/mol. The second-order valence-corrected chi connectivity index (χ2v) is 5.41. The second-order valence-electron chi connectivity index (χ2n) is 4.60. The molecule has 0 bridgehead atoms. The Morgan fingerprint density at radius 3 is 2.32 bits per heavy atom. The molecule has 1 N–H and O–H groups in total. The van der Waals surface area contributed by atoms with Gasteiger partial charge in [-0.15, -0.1) is 0 Å². The number of alkyl halides is 2. The van der Waals surface area contributed by atoms with Gasteiger partial charge < -0.3 is 14.8 Å². The minimum Gasteiger partial charge on any atom is -0.452 e. The Balaban J connectivity index is 1.99. The number of hydrogen-bond donors (Lipinski definition) is 1. The molecule has 0 saturated carbocycles. The summed E-state index contributed by atoms with van der Waals surface area (Å²) in [6, 6.07) is 10.0. The maximum atomic E-state index is 12.3. The van der Waals surface area contributed by atoms with Crippen molar-refractivity contribution < 1.29 is 27.8 Å². The van der Waals surface area contributed by atoms with Crippen LogP contribution in [0.5, 0.6) is 5.75 Å². The molecule has 25 heavy (non-hydrogen) atoms. The van der Waals surface area contributed by atoms with Gasteiger partial charge >= 0.3 is 12.6 Å². The number of carbonyl (C=O) groups excluding carboxylic acids is 2. The van der Waals surface area contributed by atoms with Gasteiger partial charge in [0.2, 0.25) is 0 Å². The van der Waals surface area contributed by atoms with Crippen LogP contribution in [0.3, 0.4) is 0 Å². The Labute approximate surface area is 151 Å². The van der Waals surface area contributed by atoms with Crippen LogP contribution in [-0.4, -0.2) is 25.1 Å². The average molecular weight is 390 g/mol. The molecule has 5 nitrogen and oxygen atoms in total. The molecule has 1 amide bonds. The van der Waals surface area contributed by atoms with Crippen LogP contribution in [0.25, 0.3) is 0 Å². The van der Waals surface area contributed by atoms with Crippen molar-refractivity contribution in [2.24, 2.45) is 0 Å². The summed E-state index contributed by atoms with van der Waals surface area (Å²) in [4.78, 5) is 23.8. The molecule has 2 aromatic carbocycles. The van der Waals surface area contributed by atoms with Crippen LogP contribution in [-0.2, 0) is 9.53 Å². The minimum absolute atomic E-state index is 0.0135. The SMILES string of the molecule is O=C(COC(=O)c1c(Cl)cccc1Cl)Nc1ccccc1OC(F)F. The number of carbonyl (C=O) groups is 2. The molecule has 0 aromatic heterocycles. The largest absolute Gasteiger partial charge is 0.452 e. The van der Waals surface area contributed by atoms with E-state index in [1.807, 2.05) is 0 Å². The van der Waals surface area contributed by atoms with Gasteiger partial charge in [0.05, 0.1) is 21.3 Å². The first kappa shape index (κ1) is 19.0. The topological polar surface area (TPSA) is 64.6 Å². The van der Waals surface area contributed by atoms with Crippen molar-refractivity contribution in [3.8, 4) is 5.75 Å². The molecule has 0 heterocycles. The van der Waals surface area contributed by atoms with Crippen molar-refractivity contribution in [1.82, 2.24) is 0 Å². The van der Waals surface area contributed by atoms with Gasteiger partial charge in [0, 0.05) is 0 Å². The fraction of sp³-hybridized carbons (Fsp3) is 0.125. The van der Waals surface area contributed by atoms with Crippen LogP contribution >= 0.6 is 23.2 Å². The van der Waals surface area contributed by atoms with Gasteiger partial charge in [-0.3, -0.25) is 4.79 Å². The van der Waals surface area contributed by atoms with E-state index in [1.165, 1.54) is 36.4 Å². The summed E-state index contributed by atoms with van der Waals surface area (Å²) in [5.74, 6) is -1.85. The average Bonchev–Trinajstić information content (AvgIpc) is 2.54. The standard InChI is InChI=1S/C16H11Cl2F2NO4/c17-9-4-3-5-10(18)14(9)15(23)24-8-13(22)21-11-6-1-2-7-12(11)25-16(19)20/h1-7,16H,8H2,(H,21,22). The summed E-state index contributed by atoms with van der Waals surface area (Å²) < 4.78 is 33.8. The summed E-state index contributed by atoms with van der Waals surface area (Å²) in [5, 5.41) is 2.47. The molecule has 0 fully saturated rings. The van der Waals surface area contributed by atoms with Crippen LogP contribution in [0, 0.1) is 0 Å². The molecule has 0 aliphatic rings. The predicted molar refractivity (Wildman–Crippen MR) is 88.4 cm³/mol. The molecule has 0 aliphatic carbocycles. The number of hydrogen-bond acceptors (Lipinski definition) is 4. The number of nitrogens with one attached hydrogen (secondary N) is 1. The summed E-state index contributed by atoms with van der Waals surface area (Å²) >= 11 is 11.7. The van der Waals surface area contributed by atoms with Gasteiger partial charge in [-0.1, -0.05) is 41.4 Å². The van der Waals surface area contributed by atoms with Gasteiger partial charge in [0.1, 0.15) is 5.75 Å². The highest BCUT2D eigenvalue weighted by Crippen LogP contribution is 2.26. The van der Waals surface area contributed by atoms with Crippen molar-refractivity contribution in [2.45, 2.75) is 6.61 Å². The highest BCUT2D eigenvalue weighted by atomic mass is 35.5. The third kappa shape index (κ3) is 5.30. The van der Waals surface area contributed by atoms with E-state index < -0.39 is 25.1 Å². The van der Waals surface area contributed by atoms with Crippen LogP contribution in [0.4, 0.5) is 14.5 Å². The van der Waals surface area contributed by atoms with E-state index in [0.717, 1.165) is 0 Å². The minimum atomic E-state index is -3.04. The Hall–Kier alpha value is -2.38. The number of rotatable bonds is 6. The summed E-state index contributed by atoms with van der Waals surface area (Å²) in [6.45, 7) is -3.71. The van der Waals surface area contributed by atoms with E-state index in [2.05, 4.69) is 10.1 Å². The fourth-order valence-corrected chi connectivity index (χ4v) is 2.40. The van der Waals surface area contributed by atoms with E-state index in [9.17, 15) is 18.4 Å². The fourth-order valence-electron chi connectivity index (χ4n) is 1.85. The van der Waals surface area contributed by atoms with Crippen LogP contribution in [0.15, 0.2) is 42.5 Å². The molecule has 0 spiro atoms. The number of benzene rings is 2. The molecule has 0 unspecified atom stereocenters. The first-order chi connectivity index (χ1) is 11.9. The number of amides is 1. The molecule has 2 rings (SSSR count). The van der Waals surface area contributed by atoms with Gasteiger partial charge in [-0.05, 0) is 24.3 Å². The lowest BCUT2D eigenvalue weighted by molar-refractivity contribution is -0.119. The number of para-hydroxylation sites is 2. The lowest BCUT2D eigenvalue weighted by Gasteiger charge is -2.12. The van der Waals surface area contributed by atoms with E-state index >= 15 is 0 Å². The molecular formula is C16H11Cl2F2NO4. The zero-order valence-corrected chi connectivity index (χ0v) is 14.0. The van der Waals surface area contributed by atoms with Crippen molar-refractivity contribution in [2.75, 3.05) is 11.9 Å². The molecule has 9 heteroatoms. The van der Waals surface area contributed by atoms with E-state index in [1.54, 1.807) is 6.07 Å². The molecular weight excluding hydrogens is 379 g/mol. The van der Waals surface area contributed by atoms with Gasteiger partial charge in [-0.25, -0.2) is 4.79 Å². The second kappa shape index (κ2) is 8.64. The zero-order chi connectivity index (χ0) is 18.4. The first-order valence-corrected chi connectivity index (χ1v) is 7.59. The molecule has 132 valence electrons. The Bertz CT molecular complexity index is 766. The van der Waals surface area contributed by atoms with Crippen LogP contribution < -0.4 is 10.1 Å². The highest BCUT2D eigenvalue weighted by Gasteiger charge is 2.18. The van der Waals surface area contributed by atoms with E-state index in [-0.39, 0.29) is 27.0 Å². The maximum absolute atomic E-state index is 12.3. The lowest BCUT2D eigenvalue weighted by atomic mass is 10.2. The van der Waals surface area contributed by atoms with Gasteiger partial charge in [-0.2, -0.15) is 8.78 Å². The third-order valence-corrected chi connectivity index (χ3v) is 3.51. The Kier molecular flexibility index (Phi) is 6.55. The maximum Gasteiger partial charge on any atom is 0.387 e. The molecule has 0 aliphatic heterocycles. The van der Waals surface area contributed by atoms with Crippen LogP contribution in [0.1, 0.15) is 10.4 Å². The summed E-state index contributed by atoms with van der Waals surface area (Å²) in [7, 11) is 0. The number of halogens is 4. The first-order valence-electron chi connectivity index (χ1n) is 6.83. The molecule has 2 aromatic rings. The van der Waals surface area contributed by atoms with Crippen molar-refractivity contribution in [3.05, 3.63) is 58.1 Å². The van der Waals surface area contributed by atoms with E-state index in [4.69, 9.17) is 27.9 Å². The molecule has 0 atom stereocenters. The van der Waals surface area contributed by atoms with Gasteiger partial charge in [0.25, 0.3) is 5.91 Å². The zero-order valence-electron chi connectivity index (χ0n) is 12.5. The van der Waals surface area contributed by atoms with Crippen LogP contribution in [0.2, 0.25) is 10.0 Å². The normalized spacial score (nSPS) is 10.4. The van der Waals surface area contributed by atoms with Crippen molar-refractivity contribution >= 4 is 40.8 Å². The third-order valence-electron chi connectivity index (χ3n) is 2.88. The Morgan fingerprint density at radius 1 is 1.04 bits per heavy atom. The molecule has 0 radical (unpaired) electrons. The van der Waals surface area contributed by atoms with Gasteiger partial charge in [0.15, 0.2) is 6.61 Å². The van der Waals surface area contributed by atoms with E-state index in [0.29, 0.717) is 0 Å². The number of ether oxygens (including phenoxy) is 2. The van der Waals surface area contributed by atoms with Crippen molar-refractivity contribution in [1.29, 1.82) is 0 Å². The quantitative estimate of drug-likeness (QED) is 0.744. The molecule has 0 saturated heterocycles. The number of esters is 1. The number of anilines is 1.